The van der Waals surface area contributed by atoms with Crippen molar-refractivity contribution in [1.82, 2.24) is 10.3 Å². The molecular weight excluding hydrogens is 176 g/mol. The zero-order valence-corrected chi connectivity index (χ0v) is 8.07. The summed E-state index contributed by atoms with van der Waals surface area (Å²) in [6.07, 6.45) is 3.75. The third-order valence-electron chi connectivity index (χ3n) is 2.59. The van der Waals surface area contributed by atoms with E-state index in [-0.39, 0.29) is 11.7 Å². The second kappa shape index (κ2) is 4.33. The molecule has 0 bridgehead atoms. The van der Waals surface area contributed by atoms with E-state index in [4.69, 9.17) is 0 Å². The number of hydrogen-bond donors (Lipinski definition) is 1. The summed E-state index contributed by atoms with van der Waals surface area (Å²) in [5, 5.41) is 3.24. The molecule has 74 valence electrons. The van der Waals surface area contributed by atoms with Crippen LogP contribution < -0.4 is 5.32 Å². The minimum absolute atomic E-state index is 0.124. The van der Waals surface area contributed by atoms with Crippen molar-refractivity contribution in [2.45, 2.75) is 12.8 Å². The number of piperidine rings is 1. The summed E-state index contributed by atoms with van der Waals surface area (Å²) >= 11 is 0. The van der Waals surface area contributed by atoms with Crippen molar-refractivity contribution >= 4 is 5.78 Å². The maximum Gasteiger partial charge on any atom is 0.185 e. The van der Waals surface area contributed by atoms with Gasteiger partial charge < -0.3 is 5.32 Å². The molecule has 2 heterocycles. The largest absolute Gasteiger partial charge is 0.316 e. The van der Waals surface area contributed by atoms with Crippen molar-refractivity contribution in [2.24, 2.45) is 5.92 Å². The smallest absolute Gasteiger partial charge is 0.185 e. The first-order valence-electron chi connectivity index (χ1n) is 5.04. The van der Waals surface area contributed by atoms with Crippen LogP contribution in [-0.4, -0.2) is 23.9 Å². The lowest BCUT2D eigenvalue weighted by atomic mass is 9.93. The zero-order valence-electron chi connectivity index (χ0n) is 8.07. The van der Waals surface area contributed by atoms with Crippen LogP contribution in [0.1, 0.15) is 23.3 Å². The van der Waals surface area contributed by atoms with Gasteiger partial charge in [0.2, 0.25) is 0 Å². The molecule has 1 fully saturated rings. The summed E-state index contributed by atoms with van der Waals surface area (Å²) in [5.74, 6) is 0.302. The minimum atomic E-state index is 0.124. The lowest BCUT2D eigenvalue weighted by Crippen LogP contribution is -2.34. The van der Waals surface area contributed by atoms with Gasteiger partial charge in [0.1, 0.15) is 5.69 Å². The predicted molar refractivity (Wildman–Crippen MR) is 54.2 cm³/mol. The van der Waals surface area contributed by atoms with Gasteiger partial charge in [0, 0.05) is 18.7 Å². The van der Waals surface area contributed by atoms with Gasteiger partial charge in [-0.05, 0) is 31.5 Å². The molecule has 1 atom stereocenters. The van der Waals surface area contributed by atoms with Crippen LogP contribution in [0, 0.1) is 5.92 Å². The monoisotopic (exact) mass is 190 g/mol. The van der Waals surface area contributed by atoms with Crippen LogP contribution in [0.3, 0.4) is 0 Å². The summed E-state index contributed by atoms with van der Waals surface area (Å²) in [7, 11) is 0. The lowest BCUT2D eigenvalue weighted by molar-refractivity contribution is 0.0894. The van der Waals surface area contributed by atoms with Gasteiger partial charge in [-0.25, -0.2) is 0 Å². The van der Waals surface area contributed by atoms with Crippen LogP contribution >= 0.6 is 0 Å². The second-order valence-corrected chi connectivity index (χ2v) is 3.62. The van der Waals surface area contributed by atoms with E-state index >= 15 is 0 Å². The highest BCUT2D eigenvalue weighted by atomic mass is 16.1. The second-order valence-electron chi connectivity index (χ2n) is 3.62. The van der Waals surface area contributed by atoms with E-state index in [0.717, 1.165) is 25.9 Å². The highest BCUT2D eigenvalue weighted by Gasteiger charge is 2.22. The third kappa shape index (κ3) is 1.99. The van der Waals surface area contributed by atoms with Gasteiger partial charge in [0.15, 0.2) is 5.78 Å². The average Bonchev–Trinajstić information content (AvgIpc) is 2.30. The summed E-state index contributed by atoms with van der Waals surface area (Å²) in [6, 6.07) is 5.48. The Labute approximate surface area is 83.5 Å². The number of pyridine rings is 1. The van der Waals surface area contributed by atoms with Gasteiger partial charge in [-0.15, -0.1) is 0 Å². The molecular formula is C11H14N2O. The van der Waals surface area contributed by atoms with Crippen LogP contribution in [0.2, 0.25) is 0 Å². The summed E-state index contributed by atoms with van der Waals surface area (Å²) in [4.78, 5) is 16.0. The van der Waals surface area contributed by atoms with Crippen molar-refractivity contribution in [1.29, 1.82) is 0 Å². The Balaban J connectivity index is 2.07. The molecule has 1 aromatic heterocycles. The summed E-state index contributed by atoms with van der Waals surface area (Å²) in [6.45, 7) is 1.83. The fraction of sp³-hybridized carbons (Fsp3) is 0.455. The molecule has 0 aromatic carbocycles. The van der Waals surface area contributed by atoms with Crippen molar-refractivity contribution in [3.8, 4) is 0 Å². The first-order chi connectivity index (χ1) is 6.88. The number of carbonyl (C=O) groups excluding carboxylic acids is 1. The fourth-order valence-corrected chi connectivity index (χ4v) is 1.79. The van der Waals surface area contributed by atoms with Crippen LogP contribution in [0.15, 0.2) is 24.4 Å². The first kappa shape index (κ1) is 9.34. The molecule has 1 unspecified atom stereocenters. The van der Waals surface area contributed by atoms with E-state index < -0.39 is 0 Å². The number of Topliss-reactive ketones (excluding diaryl/α,β-unsaturated/α-hetero) is 1. The number of ketones is 1. The Bertz CT molecular complexity index is 304. The number of carbonyl (C=O) groups is 1. The van der Waals surface area contributed by atoms with Crippen molar-refractivity contribution in [3.63, 3.8) is 0 Å². The Morgan fingerprint density at radius 2 is 2.43 bits per heavy atom. The molecule has 1 saturated heterocycles. The van der Waals surface area contributed by atoms with Gasteiger partial charge in [0.25, 0.3) is 0 Å². The number of hydrogen-bond acceptors (Lipinski definition) is 3. The van der Waals surface area contributed by atoms with Crippen molar-refractivity contribution in [3.05, 3.63) is 30.1 Å². The van der Waals surface area contributed by atoms with Gasteiger partial charge in [-0.1, -0.05) is 6.07 Å². The highest BCUT2D eigenvalue weighted by molar-refractivity contribution is 5.96. The molecule has 0 aliphatic carbocycles. The maximum absolute atomic E-state index is 11.9. The molecule has 14 heavy (non-hydrogen) atoms. The maximum atomic E-state index is 11.9. The Morgan fingerprint density at radius 1 is 1.50 bits per heavy atom. The molecule has 2 rings (SSSR count). The Morgan fingerprint density at radius 3 is 3.07 bits per heavy atom. The SMILES string of the molecule is O=C(c1ccccn1)C1CCCNC1. The molecule has 1 aromatic rings. The molecule has 1 aliphatic heterocycles. The van der Waals surface area contributed by atoms with E-state index in [2.05, 4.69) is 10.3 Å². The van der Waals surface area contributed by atoms with Crippen LogP contribution in [-0.2, 0) is 0 Å². The molecule has 3 heteroatoms. The number of aromatic nitrogens is 1. The normalized spacial score (nSPS) is 21.9. The van der Waals surface area contributed by atoms with E-state index in [9.17, 15) is 4.79 Å². The van der Waals surface area contributed by atoms with Crippen LogP contribution in [0.4, 0.5) is 0 Å². The van der Waals surface area contributed by atoms with Gasteiger partial charge in [0.05, 0.1) is 0 Å². The topological polar surface area (TPSA) is 42.0 Å². The molecule has 0 saturated carbocycles. The van der Waals surface area contributed by atoms with Gasteiger partial charge in [-0.2, -0.15) is 0 Å². The quantitative estimate of drug-likeness (QED) is 0.714. The molecule has 0 amide bonds. The van der Waals surface area contributed by atoms with Crippen molar-refractivity contribution < 1.29 is 4.79 Å². The fourth-order valence-electron chi connectivity index (χ4n) is 1.79. The van der Waals surface area contributed by atoms with Crippen LogP contribution in [0.5, 0.6) is 0 Å². The summed E-state index contributed by atoms with van der Waals surface area (Å²) < 4.78 is 0. The Kier molecular flexibility index (Phi) is 2.89. The highest BCUT2D eigenvalue weighted by Crippen LogP contribution is 2.14. The molecule has 1 N–H and O–H groups in total. The predicted octanol–water partition coefficient (Wildman–Crippen LogP) is 1.26. The molecule has 0 radical (unpaired) electrons. The van der Waals surface area contributed by atoms with E-state index in [1.165, 1.54) is 0 Å². The van der Waals surface area contributed by atoms with Gasteiger partial charge in [-0.3, -0.25) is 9.78 Å². The van der Waals surface area contributed by atoms with E-state index in [1.807, 2.05) is 12.1 Å². The van der Waals surface area contributed by atoms with Gasteiger partial charge >= 0.3 is 0 Å². The van der Waals surface area contributed by atoms with E-state index in [1.54, 1.807) is 12.3 Å². The Hall–Kier alpha value is -1.22. The number of rotatable bonds is 2. The first-order valence-corrected chi connectivity index (χ1v) is 5.04. The molecule has 0 spiro atoms. The zero-order chi connectivity index (χ0) is 9.80. The third-order valence-corrected chi connectivity index (χ3v) is 2.59. The van der Waals surface area contributed by atoms with Crippen molar-refractivity contribution in [2.75, 3.05) is 13.1 Å². The molecule has 1 aliphatic rings. The average molecular weight is 190 g/mol. The lowest BCUT2D eigenvalue weighted by Gasteiger charge is -2.20. The van der Waals surface area contributed by atoms with Crippen LogP contribution in [0.25, 0.3) is 0 Å². The number of nitrogens with one attached hydrogen (secondary N) is 1. The minimum Gasteiger partial charge on any atom is -0.316 e. The number of nitrogens with zero attached hydrogens (tertiary/aromatic N) is 1. The molecule has 3 nitrogen and oxygen atoms in total. The summed E-state index contributed by atoms with van der Waals surface area (Å²) in [5.41, 5.74) is 0.598. The standard InChI is InChI=1S/C11H14N2O/c14-11(9-4-3-6-12-8-9)10-5-1-2-7-13-10/h1-2,5,7,9,12H,3-4,6,8H2. The van der Waals surface area contributed by atoms with E-state index in [0.29, 0.717) is 5.69 Å².